The summed E-state index contributed by atoms with van der Waals surface area (Å²) < 4.78 is 32.6. The van der Waals surface area contributed by atoms with E-state index in [4.69, 9.17) is 4.74 Å². The molecule has 0 aromatic heterocycles. The Bertz CT molecular complexity index is 530. The predicted octanol–water partition coefficient (Wildman–Crippen LogP) is 1.93. The molecule has 0 unspecified atom stereocenters. The van der Waals surface area contributed by atoms with Crippen LogP contribution in [-0.2, 0) is 16.4 Å². The third-order valence-corrected chi connectivity index (χ3v) is 4.76. The lowest BCUT2D eigenvalue weighted by Gasteiger charge is -2.13. The van der Waals surface area contributed by atoms with Crippen LogP contribution < -0.4 is 14.8 Å². The standard InChI is InChI=1S/C15H26N2O3S/c1-4-6-10-17-21(18,19)15-8-7-14(20-3)12-13(15)9-11-16-5-2/h7-8,12,16-17H,4-6,9-11H2,1-3H3. The van der Waals surface area contributed by atoms with E-state index >= 15 is 0 Å². The molecule has 0 amide bonds. The number of sulfonamides is 1. The highest BCUT2D eigenvalue weighted by Gasteiger charge is 2.18. The molecule has 0 heterocycles. The molecule has 2 N–H and O–H groups in total. The van der Waals surface area contributed by atoms with Crippen molar-refractivity contribution in [2.45, 2.75) is 38.0 Å². The van der Waals surface area contributed by atoms with Gasteiger partial charge in [-0.1, -0.05) is 20.3 Å². The quantitative estimate of drug-likeness (QED) is 0.648. The van der Waals surface area contributed by atoms with Gasteiger partial charge in [-0.05, 0) is 49.7 Å². The van der Waals surface area contributed by atoms with Crippen LogP contribution in [0.5, 0.6) is 5.75 Å². The number of ether oxygens (including phenoxy) is 1. The van der Waals surface area contributed by atoms with Gasteiger partial charge >= 0.3 is 0 Å². The molecule has 5 nitrogen and oxygen atoms in total. The van der Waals surface area contributed by atoms with Crippen molar-refractivity contribution >= 4 is 10.0 Å². The summed E-state index contributed by atoms with van der Waals surface area (Å²) in [4.78, 5) is 0.345. The summed E-state index contributed by atoms with van der Waals surface area (Å²) in [6.07, 6.45) is 2.44. The molecule has 120 valence electrons. The van der Waals surface area contributed by atoms with Crippen LogP contribution in [0.25, 0.3) is 0 Å². The molecule has 0 radical (unpaired) electrons. The first-order chi connectivity index (χ1) is 10.0. The number of hydrogen-bond donors (Lipinski definition) is 2. The van der Waals surface area contributed by atoms with E-state index in [9.17, 15) is 8.42 Å². The van der Waals surface area contributed by atoms with Gasteiger partial charge in [-0.2, -0.15) is 0 Å². The predicted molar refractivity (Wildman–Crippen MR) is 85.3 cm³/mol. The van der Waals surface area contributed by atoms with Crippen molar-refractivity contribution in [3.63, 3.8) is 0 Å². The summed E-state index contributed by atoms with van der Waals surface area (Å²) in [5, 5.41) is 3.21. The Balaban J connectivity index is 2.97. The van der Waals surface area contributed by atoms with E-state index in [1.165, 1.54) is 0 Å². The van der Waals surface area contributed by atoms with Crippen molar-refractivity contribution in [1.82, 2.24) is 10.0 Å². The number of benzene rings is 1. The SMILES string of the molecule is CCCCNS(=O)(=O)c1ccc(OC)cc1CCNCC. The maximum atomic E-state index is 12.4. The van der Waals surface area contributed by atoms with Crippen molar-refractivity contribution in [1.29, 1.82) is 0 Å². The summed E-state index contributed by atoms with van der Waals surface area (Å²) in [5.41, 5.74) is 0.777. The first-order valence-corrected chi connectivity index (χ1v) is 8.90. The highest BCUT2D eigenvalue weighted by Crippen LogP contribution is 2.22. The van der Waals surface area contributed by atoms with Crippen molar-refractivity contribution < 1.29 is 13.2 Å². The second-order valence-corrected chi connectivity index (χ2v) is 6.56. The van der Waals surface area contributed by atoms with Crippen molar-refractivity contribution in [2.75, 3.05) is 26.7 Å². The lowest BCUT2D eigenvalue weighted by atomic mass is 10.1. The zero-order valence-electron chi connectivity index (χ0n) is 13.1. The molecule has 0 aliphatic carbocycles. The number of likely N-dealkylation sites (N-methyl/N-ethyl adjacent to an activating group) is 1. The normalized spacial score (nSPS) is 11.6. The largest absolute Gasteiger partial charge is 0.497 e. The van der Waals surface area contributed by atoms with Crippen LogP contribution in [0.2, 0.25) is 0 Å². The van der Waals surface area contributed by atoms with Gasteiger partial charge in [-0.15, -0.1) is 0 Å². The molecule has 0 saturated heterocycles. The summed E-state index contributed by atoms with van der Waals surface area (Å²) in [6, 6.07) is 5.10. The highest BCUT2D eigenvalue weighted by molar-refractivity contribution is 7.89. The van der Waals surface area contributed by atoms with Gasteiger partial charge in [0.2, 0.25) is 10.0 Å². The van der Waals surface area contributed by atoms with Crippen LogP contribution in [-0.4, -0.2) is 35.2 Å². The van der Waals surface area contributed by atoms with Gasteiger partial charge in [-0.25, -0.2) is 13.1 Å². The Labute approximate surface area is 128 Å². The average molecular weight is 314 g/mol. The van der Waals surface area contributed by atoms with Gasteiger partial charge in [0, 0.05) is 6.54 Å². The molecule has 0 bridgehead atoms. The van der Waals surface area contributed by atoms with Crippen molar-refractivity contribution in [3.05, 3.63) is 23.8 Å². The van der Waals surface area contributed by atoms with Crippen LogP contribution in [0.4, 0.5) is 0 Å². The van der Waals surface area contributed by atoms with E-state index < -0.39 is 10.0 Å². The van der Waals surface area contributed by atoms with Gasteiger partial charge in [0.25, 0.3) is 0 Å². The van der Waals surface area contributed by atoms with Crippen LogP contribution in [0.3, 0.4) is 0 Å². The summed E-state index contributed by atoms with van der Waals surface area (Å²) in [6.45, 7) is 6.12. The van der Waals surface area contributed by atoms with Gasteiger partial charge in [-0.3, -0.25) is 0 Å². The number of rotatable bonds is 10. The molecule has 6 heteroatoms. The molecule has 0 aliphatic heterocycles. The summed E-state index contributed by atoms with van der Waals surface area (Å²) in [5.74, 6) is 0.675. The number of unbranched alkanes of at least 4 members (excludes halogenated alkanes) is 1. The highest BCUT2D eigenvalue weighted by atomic mass is 32.2. The lowest BCUT2D eigenvalue weighted by molar-refractivity contribution is 0.413. The monoisotopic (exact) mass is 314 g/mol. The van der Waals surface area contributed by atoms with Crippen molar-refractivity contribution in [2.24, 2.45) is 0 Å². The van der Waals surface area contributed by atoms with E-state index in [0.29, 0.717) is 23.6 Å². The van der Waals surface area contributed by atoms with Gasteiger partial charge in [0.1, 0.15) is 5.75 Å². The topological polar surface area (TPSA) is 67.4 Å². The Hall–Kier alpha value is -1.11. The third kappa shape index (κ3) is 5.65. The fraction of sp³-hybridized carbons (Fsp3) is 0.600. The van der Waals surface area contributed by atoms with E-state index in [1.54, 1.807) is 25.3 Å². The zero-order chi connectivity index (χ0) is 15.7. The molecule has 21 heavy (non-hydrogen) atoms. The van der Waals surface area contributed by atoms with Crippen molar-refractivity contribution in [3.8, 4) is 5.75 Å². The Morgan fingerprint density at radius 1 is 1.19 bits per heavy atom. The van der Waals surface area contributed by atoms with Gasteiger partial charge < -0.3 is 10.1 Å². The Kier molecular flexibility index (Phi) is 7.71. The van der Waals surface area contributed by atoms with E-state index in [2.05, 4.69) is 10.0 Å². The average Bonchev–Trinajstić information content (AvgIpc) is 2.47. The second-order valence-electron chi connectivity index (χ2n) is 4.83. The molecule has 0 saturated carbocycles. The maximum Gasteiger partial charge on any atom is 0.240 e. The summed E-state index contributed by atoms with van der Waals surface area (Å²) >= 11 is 0. The van der Waals surface area contributed by atoms with Crippen LogP contribution in [0.15, 0.2) is 23.1 Å². The Morgan fingerprint density at radius 3 is 2.57 bits per heavy atom. The van der Waals surface area contributed by atoms with E-state index in [1.807, 2.05) is 13.8 Å². The maximum absolute atomic E-state index is 12.4. The minimum Gasteiger partial charge on any atom is -0.497 e. The molecular formula is C15H26N2O3S. The minimum atomic E-state index is -3.46. The van der Waals surface area contributed by atoms with E-state index in [-0.39, 0.29) is 0 Å². The number of methoxy groups -OCH3 is 1. The molecule has 0 fully saturated rings. The molecule has 1 rings (SSSR count). The Morgan fingerprint density at radius 2 is 1.95 bits per heavy atom. The van der Waals surface area contributed by atoms with Crippen LogP contribution >= 0.6 is 0 Å². The smallest absolute Gasteiger partial charge is 0.240 e. The fourth-order valence-corrected chi connectivity index (χ4v) is 3.32. The van der Waals surface area contributed by atoms with E-state index in [0.717, 1.165) is 31.5 Å². The first kappa shape index (κ1) is 17.9. The van der Waals surface area contributed by atoms with Gasteiger partial charge in [0.05, 0.1) is 12.0 Å². The first-order valence-electron chi connectivity index (χ1n) is 7.42. The molecular weight excluding hydrogens is 288 g/mol. The zero-order valence-corrected chi connectivity index (χ0v) is 13.9. The molecule has 1 aromatic rings. The molecule has 0 atom stereocenters. The minimum absolute atomic E-state index is 0.345. The lowest BCUT2D eigenvalue weighted by Crippen LogP contribution is -2.26. The molecule has 0 spiro atoms. The fourth-order valence-electron chi connectivity index (χ4n) is 2.00. The summed E-state index contributed by atoms with van der Waals surface area (Å²) in [7, 11) is -1.88. The molecule has 0 aliphatic rings. The second kappa shape index (κ2) is 9.02. The number of hydrogen-bond acceptors (Lipinski definition) is 4. The third-order valence-electron chi connectivity index (χ3n) is 3.20. The van der Waals surface area contributed by atoms with Crippen LogP contribution in [0.1, 0.15) is 32.3 Å². The molecule has 1 aromatic carbocycles. The van der Waals surface area contributed by atoms with Gasteiger partial charge in [0.15, 0.2) is 0 Å². The van der Waals surface area contributed by atoms with Crippen LogP contribution in [0, 0.1) is 0 Å². The number of nitrogens with one attached hydrogen (secondary N) is 2.